The molecule has 2 aliphatic rings. The minimum absolute atomic E-state index is 0.0336. The lowest BCUT2D eigenvalue weighted by Crippen LogP contribution is -2.48. The number of amides is 1. The number of carboxylic acid groups (broad SMARTS) is 1. The Balaban J connectivity index is 1.81. The molecule has 5 nitrogen and oxygen atoms in total. The first-order chi connectivity index (χ1) is 9.85. The molecule has 1 fully saturated rings. The van der Waals surface area contributed by atoms with Crippen molar-refractivity contribution in [2.45, 2.75) is 38.5 Å². The van der Waals surface area contributed by atoms with Crippen molar-refractivity contribution in [2.75, 3.05) is 11.9 Å². The molecular weight excluding hydrogens is 270 g/mol. The Hall–Kier alpha value is -2.04. The second-order valence-electron chi connectivity index (χ2n) is 6.58. The summed E-state index contributed by atoms with van der Waals surface area (Å²) >= 11 is 0. The van der Waals surface area contributed by atoms with E-state index in [0.717, 1.165) is 17.7 Å². The van der Waals surface area contributed by atoms with Gasteiger partial charge in [0.25, 0.3) is 0 Å². The summed E-state index contributed by atoms with van der Waals surface area (Å²) < 4.78 is 5.64. The SMILES string of the molecule is CC1(C)COc2cc(NC(=O)C3(C(=O)O)CCC3)ccc21. The third-order valence-corrected chi connectivity index (χ3v) is 4.61. The van der Waals surface area contributed by atoms with Gasteiger partial charge in [0.2, 0.25) is 5.91 Å². The van der Waals surface area contributed by atoms with E-state index in [1.807, 2.05) is 6.07 Å². The number of ether oxygens (including phenoxy) is 1. The lowest BCUT2D eigenvalue weighted by Gasteiger charge is -2.35. The van der Waals surface area contributed by atoms with Crippen molar-refractivity contribution in [1.29, 1.82) is 0 Å². The Morgan fingerprint density at radius 2 is 2.00 bits per heavy atom. The number of fused-ring (bicyclic) bond motifs is 1. The van der Waals surface area contributed by atoms with E-state index in [9.17, 15) is 14.7 Å². The molecule has 0 radical (unpaired) electrons. The Labute approximate surface area is 123 Å². The maximum Gasteiger partial charge on any atom is 0.319 e. The van der Waals surface area contributed by atoms with Crippen LogP contribution < -0.4 is 10.1 Å². The van der Waals surface area contributed by atoms with Crippen LogP contribution in [0.3, 0.4) is 0 Å². The van der Waals surface area contributed by atoms with Crippen LogP contribution in [0.1, 0.15) is 38.7 Å². The summed E-state index contributed by atoms with van der Waals surface area (Å²) in [6, 6.07) is 5.52. The van der Waals surface area contributed by atoms with Gasteiger partial charge >= 0.3 is 5.97 Å². The molecule has 0 unspecified atom stereocenters. The van der Waals surface area contributed by atoms with Gasteiger partial charge in [-0.2, -0.15) is 0 Å². The van der Waals surface area contributed by atoms with Crippen LogP contribution in [0.4, 0.5) is 5.69 Å². The number of carbonyl (C=O) groups excluding carboxylic acids is 1. The van der Waals surface area contributed by atoms with E-state index in [1.54, 1.807) is 12.1 Å². The number of hydrogen-bond acceptors (Lipinski definition) is 3. The summed E-state index contributed by atoms with van der Waals surface area (Å²) in [5.74, 6) is -0.709. The summed E-state index contributed by atoms with van der Waals surface area (Å²) in [5, 5.41) is 12.0. The van der Waals surface area contributed by atoms with Gasteiger partial charge in [0.05, 0.1) is 6.61 Å². The van der Waals surface area contributed by atoms with Gasteiger partial charge in [-0.15, -0.1) is 0 Å². The normalized spacial score (nSPS) is 20.9. The summed E-state index contributed by atoms with van der Waals surface area (Å²) in [6.45, 7) is 4.81. The Kier molecular flexibility index (Phi) is 2.97. The average Bonchev–Trinajstić information content (AvgIpc) is 2.63. The van der Waals surface area contributed by atoms with Gasteiger partial charge in [-0.05, 0) is 18.9 Å². The first kappa shape index (κ1) is 13.9. The van der Waals surface area contributed by atoms with Gasteiger partial charge in [-0.25, -0.2) is 0 Å². The van der Waals surface area contributed by atoms with E-state index in [0.29, 0.717) is 25.1 Å². The fourth-order valence-corrected chi connectivity index (χ4v) is 2.93. The minimum atomic E-state index is -1.25. The van der Waals surface area contributed by atoms with Crippen molar-refractivity contribution < 1.29 is 19.4 Å². The van der Waals surface area contributed by atoms with Gasteiger partial charge in [0.15, 0.2) is 0 Å². The molecule has 0 atom stereocenters. The first-order valence-corrected chi connectivity index (χ1v) is 7.17. The van der Waals surface area contributed by atoms with Crippen LogP contribution in [-0.2, 0) is 15.0 Å². The minimum Gasteiger partial charge on any atom is -0.492 e. The molecule has 1 aliphatic carbocycles. The van der Waals surface area contributed by atoms with Crippen LogP contribution in [0.25, 0.3) is 0 Å². The number of aliphatic carboxylic acids is 1. The molecule has 3 rings (SSSR count). The highest BCUT2D eigenvalue weighted by molar-refractivity contribution is 6.09. The topological polar surface area (TPSA) is 75.6 Å². The van der Waals surface area contributed by atoms with E-state index in [2.05, 4.69) is 19.2 Å². The largest absolute Gasteiger partial charge is 0.492 e. The highest BCUT2D eigenvalue weighted by Gasteiger charge is 2.51. The molecular formula is C16H19NO4. The van der Waals surface area contributed by atoms with Crippen LogP contribution in [0.2, 0.25) is 0 Å². The molecule has 0 aromatic heterocycles. The van der Waals surface area contributed by atoms with E-state index < -0.39 is 17.3 Å². The number of rotatable bonds is 3. The van der Waals surface area contributed by atoms with Gasteiger partial charge in [0.1, 0.15) is 11.2 Å². The smallest absolute Gasteiger partial charge is 0.319 e. The molecule has 21 heavy (non-hydrogen) atoms. The molecule has 1 aliphatic heterocycles. The lowest BCUT2D eigenvalue weighted by atomic mass is 9.68. The molecule has 1 aromatic carbocycles. The van der Waals surface area contributed by atoms with Crippen molar-refractivity contribution in [3.05, 3.63) is 23.8 Å². The Bertz CT molecular complexity index is 617. The van der Waals surface area contributed by atoms with Gasteiger partial charge in [-0.3, -0.25) is 9.59 Å². The third-order valence-electron chi connectivity index (χ3n) is 4.61. The zero-order valence-electron chi connectivity index (χ0n) is 12.2. The van der Waals surface area contributed by atoms with E-state index in [1.165, 1.54) is 0 Å². The fraction of sp³-hybridized carbons (Fsp3) is 0.500. The lowest BCUT2D eigenvalue weighted by molar-refractivity contribution is -0.159. The molecule has 5 heteroatoms. The van der Waals surface area contributed by atoms with Crippen molar-refractivity contribution >= 4 is 17.6 Å². The van der Waals surface area contributed by atoms with Gasteiger partial charge in [-0.1, -0.05) is 26.3 Å². The van der Waals surface area contributed by atoms with E-state index >= 15 is 0 Å². The fourth-order valence-electron chi connectivity index (χ4n) is 2.93. The summed E-state index contributed by atoms with van der Waals surface area (Å²) in [7, 11) is 0. The molecule has 112 valence electrons. The molecule has 1 aromatic rings. The molecule has 1 saturated carbocycles. The zero-order valence-corrected chi connectivity index (χ0v) is 12.2. The van der Waals surface area contributed by atoms with Crippen LogP contribution in [0.15, 0.2) is 18.2 Å². The van der Waals surface area contributed by atoms with E-state index in [-0.39, 0.29) is 5.41 Å². The summed E-state index contributed by atoms with van der Waals surface area (Å²) in [6.07, 6.45) is 1.59. The second kappa shape index (κ2) is 4.48. The number of anilines is 1. The molecule has 1 heterocycles. The predicted octanol–water partition coefficient (Wildman–Crippen LogP) is 2.55. The molecule has 0 spiro atoms. The number of carboxylic acids is 1. The third kappa shape index (κ3) is 2.07. The maximum absolute atomic E-state index is 12.3. The maximum atomic E-state index is 12.3. The number of carbonyl (C=O) groups is 2. The van der Waals surface area contributed by atoms with Crippen LogP contribution in [-0.4, -0.2) is 23.6 Å². The van der Waals surface area contributed by atoms with Gasteiger partial charge in [0, 0.05) is 22.7 Å². The van der Waals surface area contributed by atoms with Gasteiger partial charge < -0.3 is 15.2 Å². The molecule has 0 saturated heterocycles. The highest BCUT2D eigenvalue weighted by Crippen LogP contribution is 2.43. The standard InChI is InChI=1S/C16H19NO4/c1-15(2)9-21-12-8-10(4-5-11(12)15)17-13(18)16(14(19)20)6-3-7-16/h4-5,8H,3,6-7,9H2,1-2H3,(H,17,18)(H,19,20). The molecule has 2 N–H and O–H groups in total. The zero-order chi connectivity index (χ0) is 15.3. The van der Waals surface area contributed by atoms with Crippen LogP contribution in [0.5, 0.6) is 5.75 Å². The van der Waals surface area contributed by atoms with Crippen molar-refractivity contribution in [3.63, 3.8) is 0 Å². The van der Waals surface area contributed by atoms with Crippen molar-refractivity contribution in [3.8, 4) is 5.75 Å². The summed E-state index contributed by atoms with van der Waals surface area (Å²) in [4.78, 5) is 23.6. The number of benzene rings is 1. The number of nitrogens with one attached hydrogen (secondary N) is 1. The van der Waals surface area contributed by atoms with Crippen LogP contribution in [0, 0.1) is 5.41 Å². The van der Waals surface area contributed by atoms with E-state index in [4.69, 9.17) is 4.74 Å². The summed E-state index contributed by atoms with van der Waals surface area (Å²) in [5.41, 5.74) is 0.411. The monoisotopic (exact) mass is 289 g/mol. The molecule has 1 amide bonds. The molecule has 0 bridgehead atoms. The second-order valence-corrected chi connectivity index (χ2v) is 6.58. The average molecular weight is 289 g/mol. The van der Waals surface area contributed by atoms with Crippen LogP contribution >= 0.6 is 0 Å². The predicted molar refractivity (Wildman–Crippen MR) is 77.5 cm³/mol. The highest BCUT2D eigenvalue weighted by atomic mass is 16.5. The number of hydrogen-bond donors (Lipinski definition) is 2. The quantitative estimate of drug-likeness (QED) is 0.838. The Morgan fingerprint density at radius 1 is 1.29 bits per heavy atom. The van der Waals surface area contributed by atoms with Crippen molar-refractivity contribution in [2.24, 2.45) is 5.41 Å². The van der Waals surface area contributed by atoms with Crippen molar-refractivity contribution in [1.82, 2.24) is 0 Å². The first-order valence-electron chi connectivity index (χ1n) is 7.17. The Morgan fingerprint density at radius 3 is 2.57 bits per heavy atom.